The number of carbonyl (C=O) groups is 1. The van der Waals surface area contributed by atoms with E-state index in [2.05, 4.69) is 26.8 Å². The number of rotatable bonds is 5. The van der Waals surface area contributed by atoms with Gasteiger partial charge in [-0.2, -0.15) is 13.2 Å². The third-order valence-corrected chi connectivity index (χ3v) is 4.93. The second-order valence-corrected chi connectivity index (χ2v) is 7.23. The number of amides is 1. The van der Waals surface area contributed by atoms with Gasteiger partial charge in [0.2, 0.25) is 11.8 Å². The van der Waals surface area contributed by atoms with Gasteiger partial charge in [0.15, 0.2) is 11.3 Å². The number of hydrogen-bond donors (Lipinski definition) is 0. The van der Waals surface area contributed by atoms with Crippen LogP contribution >= 0.6 is 0 Å². The molecule has 4 rings (SSSR count). The summed E-state index contributed by atoms with van der Waals surface area (Å²) in [4.78, 5) is 26.5. The van der Waals surface area contributed by atoms with Gasteiger partial charge >= 0.3 is 6.18 Å². The lowest BCUT2D eigenvalue weighted by molar-refractivity contribution is -0.137. The molecular weight excluding hydrogens is 421 g/mol. The van der Waals surface area contributed by atoms with E-state index < -0.39 is 11.7 Å². The number of pyridine rings is 1. The van der Waals surface area contributed by atoms with Crippen LogP contribution in [0.5, 0.6) is 5.88 Å². The molecule has 1 aromatic carbocycles. The zero-order chi connectivity index (χ0) is 22.6. The molecule has 32 heavy (non-hydrogen) atoms. The van der Waals surface area contributed by atoms with Crippen molar-refractivity contribution < 1.29 is 22.7 Å². The predicted molar refractivity (Wildman–Crippen MR) is 111 cm³/mol. The Labute approximate surface area is 182 Å². The Kier molecular flexibility index (Phi) is 6.21. The first-order chi connectivity index (χ1) is 15.4. The lowest BCUT2D eigenvalue weighted by Gasteiger charge is -2.15. The zero-order valence-corrected chi connectivity index (χ0v) is 17.0. The smallest absolute Gasteiger partial charge is 0.416 e. The molecule has 0 spiro atoms. The highest BCUT2D eigenvalue weighted by Gasteiger charge is 2.29. The summed E-state index contributed by atoms with van der Waals surface area (Å²) in [5.41, 5.74) is 0.836. The standard InChI is InChI=1S/C23H19F3N4O2/c24-23(25,26)17-9-6-16(7-10-17)8-11-19-22(29-18-4-1-12-27-21(18)28-19)32-15-3-14-30-13-2-5-20(30)31/h1,4,6-7,9-10,12H,2-3,5,13-15H2. The summed E-state index contributed by atoms with van der Waals surface area (Å²) in [6, 6.07) is 8.04. The molecule has 0 aliphatic carbocycles. The van der Waals surface area contributed by atoms with Crippen molar-refractivity contribution in [3.63, 3.8) is 0 Å². The van der Waals surface area contributed by atoms with Gasteiger partial charge in [-0.25, -0.2) is 15.0 Å². The lowest BCUT2D eigenvalue weighted by atomic mass is 10.1. The van der Waals surface area contributed by atoms with E-state index in [4.69, 9.17) is 4.74 Å². The van der Waals surface area contributed by atoms with Gasteiger partial charge in [-0.05, 0) is 55.2 Å². The monoisotopic (exact) mass is 440 g/mol. The molecule has 164 valence electrons. The molecule has 1 fully saturated rings. The van der Waals surface area contributed by atoms with Crippen LogP contribution in [0.1, 0.15) is 36.1 Å². The molecule has 0 atom stereocenters. The number of fused-ring (bicyclic) bond motifs is 1. The largest absolute Gasteiger partial charge is 0.476 e. The number of ether oxygens (including phenoxy) is 1. The van der Waals surface area contributed by atoms with Gasteiger partial charge in [-0.3, -0.25) is 4.79 Å². The third-order valence-electron chi connectivity index (χ3n) is 4.93. The van der Waals surface area contributed by atoms with Crippen molar-refractivity contribution in [2.45, 2.75) is 25.4 Å². The fourth-order valence-electron chi connectivity index (χ4n) is 3.30. The third kappa shape index (κ3) is 5.14. The topological polar surface area (TPSA) is 68.2 Å². The molecule has 0 saturated carbocycles. The van der Waals surface area contributed by atoms with Crippen LogP contribution in [0.4, 0.5) is 13.2 Å². The quantitative estimate of drug-likeness (QED) is 0.446. The van der Waals surface area contributed by atoms with Crippen molar-refractivity contribution in [2.75, 3.05) is 19.7 Å². The van der Waals surface area contributed by atoms with E-state index in [9.17, 15) is 18.0 Å². The first-order valence-electron chi connectivity index (χ1n) is 10.1. The van der Waals surface area contributed by atoms with Crippen LogP contribution in [0, 0.1) is 11.8 Å². The van der Waals surface area contributed by atoms with Gasteiger partial charge in [0, 0.05) is 31.3 Å². The van der Waals surface area contributed by atoms with E-state index in [0.717, 1.165) is 25.1 Å². The Morgan fingerprint density at radius 2 is 1.91 bits per heavy atom. The van der Waals surface area contributed by atoms with Crippen LogP contribution in [0.15, 0.2) is 42.6 Å². The van der Waals surface area contributed by atoms with Gasteiger partial charge < -0.3 is 9.64 Å². The minimum Gasteiger partial charge on any atom is -0.476 e. The molecule has 3 heterocycles. The number of aromatic nitrogens is 3. The highest BCUT2D eigenvalue weighted by Crippen LogP contribution is 2.29. The number of nitrogens with zero attached hydrogens (tertiary/aromatic N) is 4. The molecule has 1 aliphatic heterocycles. The molecule has 1 aliphatic rings. The molecule has 2 aromatic heterocycles. The van der Waals surface area contributed by atoms with E-state index in [-0.39, 0.29) is 17.5 Å². The second-order valence-electron chi connectivity index (χ2n) is 7.23. The maximum atomic E-state index is 12.7. The Bertz CT molecular complexity index is 1180. The highest BCUT2D eigenvalue weighted by atomic mass is 19.4. The van der Waals surface area contributed by atoms with Crippen LogP contribution in [0.2, 0.25) is 0 Å². The predicted octanol–water partition coefficient (Wildman–Crippen LogP) is 3.83. The highest BCUT2D eigenvalue weighted by molar-refractivity contribution is 5.78. The minimum absolute atomic E-state index is 0.157. The van der Waals surface area contributed by atoms with Crippen molar-refractivity contribution in [3.05, 3.63) is 59.4 Å². The molecule has 6 nitrogen and oxygen atoms in total. The molecule has 1 amide bonds. The fourth-order valence-corrected chi connectivity index (χ4v) is 3.30. The molecule has 9 heteroatoms. The van der Waals surface area contributed by atoms with Crippen molar-refractivity contribution in [2.24, 2.45) is 0 Å². The summed E-state index contributed by atoms with van der Waals surface area (Å²) in [6.45, 7) is 1.69. The maximum Gasteiger partial charge on any atom is 0.416 e. The fraction of sp³-hybridized carbons (Fsp3) is 0.304. The Morgan fingerprint density at radius 3 is 2.62 bits per heavy atom. The summed E-state index contributed by atoms with van der Waals surface area (Å²) in [5.74, 6) is 6.02. The SMILES string of the molecule is O=C1CCCN1CCCOc1nc2cccnc2nc1C#Cc1ccc(C(F)(F)F)cc1. The van der Waals surface area contributed by atoms with Crippen molar-refractivity contribution in [3.8, 4) is 17.7 Å². The van der Waals surface area contributed by atoms with Gasteiger partial charge in [0.1, 0.15) is 5.52 Å². The number of benzene rings is 1. The van der Waals surface area contributed by atoms with E-state index in [1.54, 1.807) is 18.3 Å². The van der Waals surface area contributed by atoms with Crippen molar-refractivity contribution in [1.29, 1.82) is 0 Å². The van der Waals surface area contributed by atoms with E-state index >= 15 is 0 Å². The molecule has 3 aromatic rings. The lowest BCUT2D eigenvalue weighted by Crippen LogP contribution is -2.26. The summed E-state index contributed by atoms with van der Waals surface area (Å²) in [7, 11) is 0. The zero-order valence-electron chi connectivity index (χ0n) is 17.0. The second kappa shape index (κ2) is 9.22. The molecule has 0 N–H and O–H groups in total. The number of alkyl halides is 3. The minimum atomic E-state index is -4.40. The Morgan fingerprint density at radius 1 is 1.09 bits per heavy atom. The van der Waals surface area contributed by atoms with Crippen LogP contribution in [-0.4, -0.2) is 45.5 Å². The Balaban J connectivity index is 1.52. The molecule has 0 unspecified atom stereocenters. The van der Waals surface area contributed by atoms with Gasteiger partial charge in [-0.1, -0.05) is 5.92 Å². The summed E-state index contributed by atoms with van der Waals surface area (Å²) < 4.78 is 44.0. The van der Waals surface area contributed by atoms with Crippen LogP contribution in [0.3, 0.4) is 0 Å². The molecular formula is C23H19F3N4O2. The van der Waals surface area contributed by atoms with Crippen LogP contribution in [0.25, 0.3) is 11.2 Å². The van der Waals surface area contributed by atoms with Crippen LogP contribution in [-0.2, 0) is 11.0 Å². The molecule has 0 bridgehead atoms. The maximum absolute atomic E-state index is 12.7. The van der Waals surface area contributed by atoms with E-state index in [1.165, 1.54) is 12.1 Å². The average Bonchev–Trinajstić information content (AvgIpc) is 3.19. The Hall–Kier alpha value is -3.67. The van der Waals surface area contributed by atoms with Gasteiger partial charge in [0.05, 0.1) is 12.2 Å². The normalized spacial score (nSPS) is 13.8. The van der Waals surface area contributed by atoms with Crippen molar-refractivity contribution in [1.82, 2.24) is 19.9 Å². The summed E-state index contributed by atoms with van der Waals surface area (Å²) >= 11 is 0. The van der Waals surface area contributed by atoms with Crippen molar-refractivity contribution >= 4 is 17.1 Å². The van der Waals surface area contributed by atoms with E-state index in [1.807, 2.05) is 4.90 Å². The van der Waals surface area contributed by atoms with Crippen LogP contribution < -0.4 is 4.74 Å². The first kappa shape index (κ1) is 21.6. The molecule has 0 radical (unpaired) electrons. The van der Waals surface area contributed by atoms with Gasteiger partial charge in [0.25, 0.3) is 0 Å². The number of halogens is 3. The number of likely N-dealkylation sites (tertiary alicyclic amines) is 1. The molecule has 1 saturated heterocycles. The first-order valence-corrected chi connectivity index (χ1v) is 10.1. The number of carbonyl (C=O) groups excluding carboxylic acids is 1. The number of hydrogen-bond acceptors (Lipinski definition) is 5. The van der Waals surface area contributed by atoms with Gasteiger partial charge in [-0.15, -0.1) is 0 Å². The average molecular weight is 440 g/mol. The summed E-state index contributed by atoms with van der Waals surface area (Å²) in [5, 5.41) is 0. The van der Waals surface area contributed by atoms with E-state index in [0.29, 0.717) is 42.7 Å². The summed E-state index contributed by atoms with van der Waals surface area (Å²) in [6.07, 6.45) is -0.718.